The normalized spacial score (nSPS) is 18.9. The molecule has 6 nitrogen and oxygen atoms in total. The maximum atomic E-state index is 5.61. The van der Waals surface area contributed by atoms with E-state index in [1.807, 2.05) is 23.8 Å². The van der Waals surface area contributed by atoms with Crippen LogP contribution in [0.1, 0.15) is 19.3 Å². The summed E-state index contributed by atoms with van der Waals surface area (Å²) in [6.07, 6.45) is 9.39. The van der Waals surface area contributed by atoms with Crippen molar-refractivity contribution in [2.24, 2.45) is 0 Å². The lowest BCUT2D eigenvalue weighted by Crippen LogP contribution is -2.14. The lowest BCUT2D eigenvalue weighted by molar-refractivity contribution is 0.107. The third-order valence-corrected chi connectivity index (χ3v) is 3.41. The molecule has 2 aromatic rings. The van der Waals surface area contributed by atoms with Gasteiger partial charge in [0.15, 0.2) is 11.5 Å². The van der Waals surface area contributed by atoms with Gasteiger partial charge in [0.2, 0.25) is 0 Å². The highest BCUT2D eigenvalue weighted by Gasteiger charge is 2.15. The van der Waals surface area contributed by atoms with E-state index in [0.717, 1.165) is 36.9 Å². The van der Waals surface area contributed by atoms with Gasteiger partial charge in [-0.2, -0.15) is 0 Å². The molecule has 102 valence electrons. The summed E-state index contributed by atoms with van der Waals surface area (Å²) < 4.78 is 7.58. The standard InChI is InChI=1S/C13H19N5O/c1-14-11-9-18-7-6-16-13(18)12(17-11)15-5-4-10-3-2-8-19-10/h6-7,9-10,14H,2-5,8H2,1H3,(H,15,17). The third kappa shape index (κ3) is 2.63. The number of nitrogens with zero attached hydrogens (tertiary/aromatic N) is 3. The molecule has 19 heavy (non-hydrogen) atoms. The minimum atomic E-state index is 0.399. The second kappa shape index (κ2) is 5.44. The summed E-state index contributed by atoms with van der Waals surface area (Å²) in [5.41, 5.74) is 0.853. The molecule has 1 fully saturated rings. The number of ether oxygens (including phenoxy) is 1. The monoisotopic (exact) mass is 261 g/mol. The van der Waals surface area contributed by atoms with Crippen molar-refractivity contribution in [1.82, 2.24) is 14.4 Å². The van der Waals surface area contributed by atoms with Gasteiger partial charge in [0, 0.05) is 32.6 Å². The van der Waals surface area contributed by atoms with E-state index in [1.54, 1.807) is 6.20 Å². The zero-order valence-electron chi connectivity index (χ0n) is 11.1. The quantitative estimate of drug-likeness (QED) is 0.858. The van der Waals surface area contributed by atoms with Gasteiger partial charge >= 0.3 is 0 Å². The second-order valence-electron chi connectivity index (χ2n) is 4.73. The number of imidazole rings is 1. The first-order valence-corrected chi connectivity index (χ1v) is 6.74. The number of aromatic nitrogens is 3. The summed E-state index contributed by atoms with van der Waals surface area (Å²) in [7, 11) is 1.86. The van der Waals surface area contributed by atoms with Gasteiger partial charge in [0.05, 0.1) is 12.3 Å². The SMILES string of the molecule is CNc1cn2ccnc2c(NCCC2CCCO2)n1. The third-order valence-electron chi connectivity index (χ3n) is 3.41. The Balaban J connectivity index is 1.70. The molecule has 0 saturated carbocycles. The average Bonchev–Trinajstić information content (AvgIpc) is 3.08. The van der Waals surface area contributed by atoms with Crippen molar-refractivity contribution < 1.29 is 4.74 Å². The molecule has 0 amide bonds. The summed E-state index contributed by atoms with van der Waals surface area (Å²) in [5, 5.41) is 6.42. The lowest BCUT2D eigenvalue weighted by atomic mass is 10.2. The van der Waals surface area contributed by atoms with Crippen LogP contribution in [0, 0.1) is 0 Å². The van der Waals surface area contributed by atoms with Crippen LogP contribution in [-0.2, 0) is 4.74 Å². The van der Waals surface area contributed by atoms with Crippen LogP contribution in [0.15, 0.2) is 18.6 Å². The number of hydrogen-bond acceptors (Lipinski definition) is 5. The molecular weight excluding hydrogens is 242 g/mol. The molecular formula is C13H19N5O. The molecule has 2 N–H and O–H groups in total. The van der Waals surface area contributed by atoms with Crippen LogP contribution in [0.2, 0.25) is 0 Å². The van der Waals surface area contributed by atoms with E-state index >= 15 is 0 Å². The Kier molecular flexibility index (Phi) is 3.50. The first kappa shape index (κ1) is 12.2. The van der Waals surface area contributed by atoms with Gasteiger partial charge in [-0.25, -0.2) is 9.97 Å². The molecule has 3 heterocycles. The number of hydrogen-bond donors (Lipinski definition) is 2. The molecule has 1 aliphatic heterocycles. The Morgan fingerprint density at radius 1 is 1.53 bits per heavy atom. The van der Waals surface area contributed by atoms with Crippen molar-refractivity contribution in [3.8, 4) is 0 Å². The van der Waals surface area contributed by atoms with Crippen LogP contribution in [0.3, 0.4) is 0 Å². The largest absolute Gasteiger partial charge is 0.378 e. The fraction of sp³-hybridized carbons (Fsp3) is 0.538. The molecule has 0 aliphatic carbocycles. The topological polar surface area (TPSA) is 63.5 Å². The molecule has 3 rings (SSSR count). The Labute approximate surface area is 112 Å². The van der Waals surface area contributed by atoms with Gasteiger partial charge in [-0.3, -0.25) is 0 Å². The Bertz CT molecular complexity index is 547. The van der Waals surface area contributed by atoms with Gasteiger partial charge in [0.25, 0.3) is 0 Å². The molecule has 0 bridgehead atoms. The zero-order chi connectivity index (χ0) is 13.1. The number of nitrogens with one attached hydrogen (secondary N) is 2. The molecule has 0 radical (unpaired) electrons. The van der Waals surface area contributed by atoms with E-state index in [9.17, 15) is 0 Å². The zero-order valence-corrected chi connectivity index (χ0v) is 11.1. The Hall–Kier alpha value is -1.82. The van der Waals surface area contributed by atoms with Crippen molar-refractivity contribution in [3.63, 3.8) is 0 Å². The van der Waals surface area contributed by atoms with Gasteiger partial charge in [-0.05, 0) is 19.3 Å². The minimum absolute atomic E-state index is 0.399. The minimum Gasteiger partial charge on any atom is -0.378 e. The number of fused-ring (bicyclic) bond motifs is 1. The van der Waals surface area contributed by atoms with E-state index < -0.39 is 0 Å². The summed E-state index contributed by atoms with van der Waals surface area (Å²) in [5.74, 6) is 1.64. The maximum absolute atomic E-state index is 5.61. The molecule has 1 saturated heterocycles. The van der Waals surface area contributed by atoms with Crippen molar-refractivity contribution in [3.05, 3.63) is 18.6 Å². The predicted octanol–water partition coefficient (Wildman–Crippen LogP) is 1.75. The van der Waals surface area contributed by atoms with E-state index in [0.29, 0.717) is 6.10 Å². The maximum Gasteiger partial charge on any atom is 0.180 e. The van der Waals surface area contributed by atoms with Crippen molar-refractivity contribution in [1.29, 1.82) is 0 Å². The lowest BCUT2D eigenvalue weighted by Gasteiger charge is -2.12. The van der Waals surface area contributed by atoms with Crippen molar-refractivity contribution in [2.75, 3.05) is 30.8 Å². The van der Waals surface area contributed by atoms with Crippen LogP contribution >= 0.6 is 0 Å². The van der Waals surface area contributed by atoms with Crippen LogP contribution in [0.5, 0.6) is 0 Å². The number of anilines is 2. The summed E-state index contributed by atoms with van der Waals surface area (Å²) in [4.78, 5) is 8.83. The first-order chi connectivity index (χ1) is 9.36. The molecule has 0 spiro atoms. The second-order valence-corrected chi connectivity index (χ2v) is 4.73. The van der Waals surface area contributed by atoms with Crippen LogP contribution < -0.4 is 10.6 Å². The van der Waals surface area contributed by atoms with E-state index in [-0.39, 0.29) is 0 Å². The fourth-order valence-corrected chi connectivity index (χ4v) is 2.39. The summed E-state index contributed by atoms with van der Waals surface area (Å²) >= 11 is 0. The average molecular weight is 261 g/mol. The molecule has 1 unspecified atom stereocenters. The van der Waals surface area contributed by atoms with E-state index in [1.165, 1.54) is 12.8 Å². The fourth-order valence-electron chi connectivity index (χ4n) is 2.39. The van der Waals surface area contributed by atoms with Crippen LogP contribution in [0.25, 0.3) is 5.65 Å². The smallest absolute Gasteiger partial charge is 0.180 e. The summed E-state index contributed by atoms with van der Waals surface area (Å²) in [6, 6.07) is 0. The summed E-state index contributed by atoms with van der Waals surface area (Å²) in [6.45, 7) is 1.76. The molecule has 2 aromatic heterocycles. The van der Waals surface area contributed by atoms with Gasteiger partial charge in [-0.1, -0.05) is 0 Å². The Morgan fingerprint density at radius 2 is 2.47 bits per heavy atom. The highest BCUT2D eigenvalue weighted by atomic mass is 16.5. The molecule has 1 atom stereocenters. The van der Waals surface area contributed by atoms with Gasteiger partial charge in [0.1, 0.15) is 5.82 Å². The van der Waals surface area contributed by atoms with E-state index in [2.05, 4.69) is 20.6 Å². The van der Waals surface area contributed by atoms with Crippen LogP contribution in [-0.4, -0.2) is 40.7 Å². The van der Waals surface area contributed by atoms with Gasteiger partial charge < -0.3 is 19.8 Å². The van der Waals surface area contributed by atoms with Crippen molar-refractivity contribution in [2.45, 2.75) is 25.4 Å². The highest BCUT2D eigenvalue weighted by molar-refractivity contribution is 5.65. The molecule has 6 heteroatoms. The number of rotatable bonds is 5. The predicted molar refractivity (Wildman–Crippen MR) is 74.6 cm³/mol. The van der Waals surface area contributed by atoms with Crippen LogP contribution in [0.4, 0.5) is 11.6 Å². The molecule has 1 aliphatic rings. The highest BCUT2D eigenvalue weighted by Crippen LogP contribution is 2.18. The van der Waals surface area contributed by atoms with Crippen molar-refractivity contribution >= 4 is 17.3 Å². The van der Waals surface area contributed by atoms with E-state index in [4.69, 9.17) is 4.74 Å². The van der Waals surface area contributed by atoms with Gasteiger partial charge in [-0.15, -0.1) is 0 Å². The Morgan fingerprint density at radius 3 is 3.26 bits per heavy atom. The first-order valence-electron chi connectivity index (χ1n) is 6.74. The molecule has 0 aromatic carbocycles.